The molecule has 3 aliphatic rings. The number of esters is 1. The lowest BCUT2D eigenvalue weighted by atomic mass is 9.72. The van der Waals surface area contributed by atoms with Crippen molar-refractivity contribution in [2.24, 2.45) is 23.7 Å². The highest BCUT2D eigenvalue weighted by Gasteiger charge is 2.61. The van der Waals surface area contributed by atoms with Crippen LogP contribution in [0.2, 0.25) is 0 Å². The van der Waals surface area contributed by atoms with Crippen molar-refractivity contribution in [3.05, 3.63) is 43.5 Å². The maximum atomic E-state index is 14.8. The topological polar surface area (TPSA) is 175 Å². The number of anilines is 1. The molecule has 13 atom stereocenters. The summed E-state index contributed by atoms with van der Waals surface area (Å²) in [5.74, 6) is -4.38. The Morgan fingerprint density at radius 3 is 2.29 bits per heavy atom. The van der Waals surface area contributed by atoms with E-state index in [0.717, 1.165) is 17.1 Å². The highest BCUT2D eigenvalue weighted by atomic mass is 16.7. The molecule has 1 unspecified atom stereocenters. The summed E-state index contributed by atoms with van der Waals surface area (Å²) < 4.78 is 33.3. The van der Waals surface area contributed by atoms with E-state index in [4.69, 9.17) is 23.7 Å². The first kappa shape index (κ1) is 48.8. The van der Waals surface area contributed by atoms with E-state index >= 15 is 0 Å². The first-order valence-corrected chi connectivity index (χ1v) is 22.0. The average molecular weight is 867 g/mol. The van der Waals surface area contributed by atoms with E-state index in [1.54, 1.807) is 52.0 Å². The number of aryl methyl sites for hydroxylation is 1. The number of aromatic nitrogens is 3. The van der Waals surface area contributed by atoms with Crippen molar-refractivity contribution in [3.8, 4) is 11.3 Å². The molecular weight excluding hydrogens is 797 g/mol. The largest absolute Gasteiger partial charge is 0.457 e. The summed E-state index contributed by atoms with van der Waals surface area (Å²) in [7, 11) is 9.10. The summed E-state index contributed by atoms with van der Waals surface area (Å²) in [5, 5.41) is 11.5. The number of rotatable bonds is 13. The molecule has 0 saturated carbocycles. The van der Waals surface area contributed by atoms with Gasteiger partial charge in [-0.3, -0.25) is 19.3 Å². The molecule has 62 heavy (non-hydrogen) atoms. The molecule has 0 bridgehead atoms. The second kappa shape index (κ2) is 20.1. The minimum absolute atomic E-state index is 0.103. The lowest BCUT2D eigenvalue weighted by molar-refractivity contribution is -0.295. The van der Waals surface area contributed by atoms with E-state index in [9.17, 15) is 24.3 Å². The first-order chi connectivity index (χ1) is 29.2. The number of methoxy groups -OCH3 is 1. The minimum Gasteiger partial charge on any atom is -0.457 e. The number of aliphatic hydroxyl groups is 1. The summed E-state index contributed by atoms with van der Waals surface area (Å²) in [6.07, 6.45) is 3.85. The predicted octanol–water partition coefficient (Wildman–Crippen LogP) is 5.16. The smallest absolute Gasteiger partial charge is 0.411 e. The van der Waals surface area contributed by atoms with Crippen LogP contribution in [0.4, 0.5) is 10.6 Å². The summed E-state index contributed by atoms with van der Waals surface area (Å²) >= 11 is 0. The maximum absolute atomic E-state index is 14.8. The van der Waals surface area contributed by atoms with Gasteiger partial charge in [0.05, 0.1) is 35.9 Å². The van der Waals surface area contributed by atoms with Crippen LogP contribution in [0, 0.1) is 23.7 Å². The lowest BCUT2D eigenvalue weighted by Crippen LogP contribution is -2.60. The van der Waals surface area contributed by atoms with Crippen LogP contribution in [0.25, 0.3) is 11.3 Å². The van der Waals surface area contributed by atoms with E-state index in [0.29, 0.717) is 25.8 Å². The molecule has 5 rings (SSSR count). The number of Topliss-reactive ketones (excluding diaryl/α,β-unsaturated/α-hetero) is 2. The lowest BCUT2D eigenvalue weighted by Gasteiger charge is -2.47. The van der Waals surface area contributed by atoms with Gasteiger partial charge in [-0.05, 0) is 85.2 Å². The normalized spacial score (nSPS) is 35.0. The Morgan fingerprint density at radius 2 is 1.69 bits per heavy atom. The number of likely N-dealkylation sites (N-methyl/N-ethyl adjacent to an activating group) is 1. The molecule has 5 heterocycles. The number of carbonyl (C=O) groups excluding carboxylic acids is 4. The molecule has 16 nitrogen and oxygen atoms in total. The zero-order chi connectivity index (χ0) is 45.8. The van der Waals surface area contributed by atoms with Crippen LogP contribution in [0.15, 0.2) is 43.5 Å². The number of ketones is 2. The monoisotopic (exact) mass is 867 g/mol. The molecule has 16 heteroatoms. The SMILES string of the molecule is C=C[C@]12OC(=O)N(CCCCn3cnc(-c4ccc(N(C)C)nc4)c3)[C@@H]1[C@H](C)C(=O)[C@H](C)C[C@](C)(OC)[C@H](OC1O[C@H](C)C[C@H](N(C)C)[C@H]1O)[C@@H](C)C(=O)[C@@H](C)C(=O)O[C@H]2CC. The summed E-state index contributed by atoms with van der Waals surface area (Å²) in [6.45, 7) is 17.1. The van der Waals surface area contributed by atoms with Gasteiger partial charge in [-0.25, -0.2) is 14.8 Å². The molecular formula is C46H70N6O10. The Labute approximate surface area is 367 Å². The number of imidazole rings is 1. The fourth-order valence-electron chi connectivity index (χ4n) is 9.69. The molecule has 0 aromatic carbocycles. The molecule has 2 aromatic heterocycles. The maximum Gasteiger partial charge on any atom is 0.411 e. The number of pyridine rings is 1. The number of nitrogens with zero attached hydrogens (tertiary/aromatic N) is 6. The van der Waals surface area contributed by atoms with E-state index in [-0.39, 0.29) is 37.3 Å². The molecule has 3 fully saturated rings. The molecule has 3 aliphatic heterocycles. The minimum atomic E-state index is -1.60. The van der Waals surface area contributed by atoms with Crippen LogP contribution >= 0.6 is 0 Å². The zero-order valence-electron chi connectivity index (χ0n) is 38.8. The fourth-order valence-corrected chi connectivity index (χ4v) is 9.69. The van der Waals surface area contributed by atoms with Gasteiger partial charge in [0.2, 0.25) is 0 Å². The van der Waals surface area contributed by atoms with Crippen molar-refractivity contribution in [2.75, 3.05) is 46.7 Å². The van der Waals surface area contributed by atoms with E-state index in [1.165, 1.54) is 20.1 Å². The number of unbranched alkanes of at least 4 members (excludes halogenated alkanes) is 1. The van der Waals surface area contributed by atoms with Crippen LogP contribution in [-0.2, 0) is 44.6 Å². The van der Waals surface area contributed by atoms with Gasteiger partial charge in [0.1, 0.15) is 29.7 Å². The zero-order valence-corrected chi connectivity index (χ0v) is 38.8. The Hall–Kier alpha value is -4.22. The number of amides is 1. The third-order valence-electron chi connectivity index (χ3n) is 13.4. The summed E-state index contributed by atoms with van der Waals surface area (Å²) in [6, 6.07) is 2.73. The number of carbonyl (C=O) groups is 4. The highest BCUT2D eigenvalue weighted by molar-refractivity contribution is 6.00. The molecule has 0 radical (unpaired) electrons. The molecule has 0 spiro atoms. The Morgan fingerprint density at radius 1 is 1.00 bits per heavy atom. The number of cyclic esters (lactones) is 1. The summed E-state index contributed by atoms with van der Waals surface area (Å²) in [4.78, 5) is 71.8. The summed E-state index contributed by atoms with van der Waals surface area (Å²) in [5.41, 5.74) is -1.20. The van der Waals surface area contributed by atoms with Gasteiger partial charge in [-0.15, -0.1) is 0 Å². The Kier molecular flexibility index (Phi) is 15.8. The van der Waals surface area contributed by atoms with Crippen molar-refractivity contribution in [2.45, 2.75) is 141 Å². The van der Waals surface area contributed by atoms with Crippen LogP contribution < -0.4 is 4.90 Å². The van der Waals surface area contributed by atoms with Crippen LogP contribution in [0.3, 0.4) is 0 Å². The Balaban J connectivity index is 1.43. The van der Waals surface area contributed by atoms with Crippen molar-refractivity contribution in [1.29, 1.82) is 0 Å². The second-order valence-corrected chi connectivity index (χ2v) is 18.3. The van der Waals surface area contributed by atoms with Crippen LogP contribution in [0.5, 0.6) is 0 Å². The van der Waals surface area contributed by atoms with Crippen LogP contribution in [0.1, 0.15) is 80.6 Å². The van der Waals surface area contributed by atoms with Gasteiger partial charge in [-0.1, -0.05) is 34.3 Å². The first-order valence-electron chi connectivity index (χ1n) is 22.0. The molecule has 1 N–H and O–H groups in total. The van der Waals surface area contributed by atoms with Crippen molar-refractivity contribution >= 4 is 29.4 Å². The van der Waals surface area contributed by atoms with Gasteiger partial charge >= 0.3 is 12.1 Å². The number of ether oxygens (including phenoxy) is 5. The number of fused-ring (bicyclic) bond motifs is 1. The molecule has 1 amide bonds. The highest BCUT2D eigenvalue weighted by Crippen LogP contribution is 2.44. The van der Waals surface area contributed by atoms with Crippen molar-refractivity contribution in [1.82, 2.24) is 24.3 Å². The standard InChI is InChI=1S/C46H70N6O10/c1-14-35-46(15-2)40(52(44(57)62-46)21-17-16-20-51-25-33(48-26-51)32-18-19-36(47-24-32)50(11)12)29(5)37(53)27(3)23-45(8,58-13)41(30(6)38(54)31(7)42(56)60-35)61-43-39(55)34(49(9)10)22-28(4)59-43/h15,18-19,24-31,34-35,39-41,43,55H,2,14,16-17,20-23H2,1,3-13H3/t27-,28-,29-,30+,31-,34+,35+,39-,40-,41-,43?,45+,46-/m1/s1. The van der Waals surface area contributed by atoms with Gasteiger partial charge in [0.25, 0.3) is 0 Å². The van der Waals surface area contributed by atoms with Crippen molar-refractivity contribution < 1.29 is 48.0 Å². The van der Waals surface area contributed by atoms with Crippen LogP contribution in [-0.4, -0.2) is 149 Å². The van der Waals surface area contributed by atoms with Crippen molar-refractivity contribution in [3.63, 3.8) is 0 Å². The van der Waals surface area contributed by atoms with Gasteiger partial charge < -0.3 is 43.2 Å². The molecule has 3 saturated heterocycles. The Bertz CT molecular complexity index is 1890. The fraction of sp³-hybridized carbons (Fsp3) is 0.696. The number of hydrogen-bond acceptors (Lipinski definition) is 14. The van der Waals surface area contributed by atoms with E-state index in [1.807, 2.05) is 67.8 Å². The molecule has 0 aliphatic carbocycles. The second-order valence-electron chi connectivity index (χ2n) is 18.3. The predicted molar refractivity (Wildman–Crippen MR) is 233 cm³/mol. The van der Waals surface area contributed by atoms with Gasteiger partial charge in [-0.2, -0.15) is 0 Å². The number of aliphatic hydroxyl groups excluding tert-OH is 1. The third kappa shape index (κ3) is 9.94. The van der Waals surface area contributed by atoms with Gasteiger partial charge in [0, 0.05) is 76.0 Å². The molecule has 2 aromatic rings. The average Bonchev–Trinajstić information content (AvgIpc) is 3.84. The number of hydrogen-bond donors (Lipinski definition) is 1. The molecule has 344 valence electrons. The van der Waals surface area contributed by atoms with E-state index in [2.05, 4.69) is 16.5 Å². The van der Waals surface area contributed by atoms with Gasteiger partial charge in [0.15, 0.2) is 17.7 Å². The quantitative estimate of drug-likeness (QED) is 0.121. The third-order valence-corrected chi connectivity index (χ3v) is 13.4. The van der Waals surface area contributed by atoms with E-state index < -0.39 is 83.4 Å².